The van der Waals surface area contributed by atoms with Crippen LogP contribution in [-0.4, -0.2) is 15.1 Å². The van der Waals surface area contributed by atoms with E-state index in [0.29, 0.717) is 5.82 Å². The highest BCUT2D eigenvalue weighted by atomic mass is 32.1. The molecule has 2 N–H and O–H groups in total. The van der Waals surface area contributed by atoms with Gasteiger partial charge in [0, 0.05) is 4.88 Å². The molecule has 0 fully saturated rings. The van der Waals surface area contributed by atoms with Gasteiger partial charge < -0.3 is 10.1 Å². The van der Waals surface area contributed by atoms with E-state index in [-0.39, 0.29) is 6.61 Å². The van der Waals surface area contributed by atoms with Gasteiger partial charge in [-0.15, -0.1) is 11.3 Å². The number of imidazole rings is 1. The van der Waals surface area contributed by atoms with Crippen LogP contribution in [0.3, 0.4) is 0 Å². The van der Waals surface area contributed by atoms with Crippen LogP contribution in [-0.2, 0) is 6.61 Å². The van der Waals surface area contributed by atoms with Gasteiger partial charge in [-0.3, -0.25) is 0 Å². The Kier molecular flexibility index (Phi) is 2.16. The Bertz CT molecular complexity index is 405. The minimum Gasteiger partial charge on any atom is -0.388 e. The first-order chi connectivity index (χ1) is 6.29. The average molecular weight is 194 g/mol. The van der Waals surface area contributed by atoms with Crippen LogP contribution in [0.15, 0.2) is 18.3 Å². The SMILES string of the molecule is Cc1ccc(-c2cnc(CO)[nH]2)s1. The van der Waals surface area contributed by atoms with Crippen LogP contribution in [0.1, 0.15) is 10.7 Å². The maximum absolute atomic E-state index is 8.81. The fraction of sp³-hybridized carbons (Fsp3) is 0.222. The number of thiophene rings is 1. The van der Waals surface area contributed by atoms with Gasteiger partial charge in [0.1, 0.15) is 12.4 Å². The number of aliphatic hydroxyl groups excluding tert-OH is 1. The number of nitrogens with one attached hydrogen (secondary N) is 1. The number of aryl methyl sites for hydroxylation is 1. The van der Waals surface area contributed by atoms with Crippen molar-refractivity contribution in [2.24, 2.45) is 0 Å². The summed E-state index contributed by atoms with van der Waals surface area (Å²) < 4.78 is 0. The summed E-state index contributed by atoms with van der Waals surface area (Å²) in [6, 6.07) is 4.12. The molecule has 2 rings (SSSR count). The molecule has 3 nitrogen and oxygen atoms in total. The summed E-state index contributed by atoms with van der Waals surface area (Å²) in [5.74, 6) is 0.612. The van der Waals surface area contributed by atoms with Gasteiger partial charge in [-0.2, -0.15) is 0 Å². The largest absolute Gasteiger partial charge is 0.388 e. The molecule has 0 radical (unpaired) electrons. The first kappa shape index (κ1) is 8.47. The number of H-pyrrole nitrogens is 1. The van der Waals surface area contributed by atoms with Gasteiger partial charge >= 0.3 is 0 Å². The van der Waals surface area contributed by atoms with E-state index in [1.807, 2.05) is 0 Å². The summed E-state index contributed by atoms with van der Waals surface area (Å²) in [5.41, 5.74) is 0.974. The molecule has 68 valence electrons. The Hall–Kier alpha value is -1.13. The second kappa shape index (κ2) is 3.32. The lowest BCUT2D eigenvalue weighted by molar-refractivity contribution is 0.272. The second-order valence-corrected chi connectivity index (χ2v) is 4.10. The Morgan fingerprint density at radius 1 is 1.54 bits per heavy atom. The fourth-order valence-electron chi connectivity index (χ4n) is 1.15. The molecule has 2 aromatic heterocycles. The zero-order valence-corrected chi connectivity index (χ0v) is 8.06. The summed E-state index contributed by atoms with van der Waals surface area (Å²) >= 11 is 1.71. The van der Waals surface area contributed by atoms with Crippen LogP contribution in [0.4, 0.5) is 0 Å². The van der Waals surface area contributed by atoms with Gasteiger partial charge in [0.25, 0.3) is 0 Å². The molecule has 4 heteroatoms. The molecule has 0 aromatic carbocycles. The van der Waals surface area contributed by atoms with Gasteiger partial charge in [0.05, 0.1) is 16.8 Å². The number of aliphatic hydroxyl groups is 1. The van der Waals surface area contributed by atoms with E-state index in [4.69, 9.17) is 5.11 Å². The third-order valence-electron chi connectivity index (χ3n) is 1.78. The fourth-order valence-corrected chi connectivity index (χ4v) is 1.98. The lowest BCUT2D eigenvalue weighted by Gasteiger charge is -1.89. The molecule has 0 aliphatic heterocycles. The van der Waals surface area contributed by atoms with E-state index in [1.54, 1.807) is 17.5 Å². The summed E-state index contributed by atoms with van der Waals surface area (Å²) in [6.07, 6.45) is 1.75. The second-order valence-electron chi connectivity index (χ2n) is 2.81. The van der Waals surface area contributed by atoms with Gasteiger partial charge in [-0.05, 0) is 19.1 Å². The molecule has 0 spiro atoms. The van der Waals surface area contributed by atoms with E-state index in [0.717, 1.165) is 10.6 Å². The number of rotatable bonds is 2. The molecule has 0 unspecified atom stereocenters. The molecule has 2 heterocycles. The summed E-state index contributed by atoms with van der Waals surface area (Å²) in [4.78, 5) is 9.49. The lowest BCUT2D eigenvalue weighted by Crippen LogP contribution is -1.83. The maximum Gasteiger partial charge on any atom is 0.132 e. The molecule has 0 saturated heterocycles. The monoisotopic (exact) mass is 194 g/mol. The first-order valence-corrected chi connectivity index (χ1v) is 4.83. The Balaban J connectivity index is 2.35. The summed E-state index contributed by atoms with van der Waals surface area (Å²) in [7, 11) is 0. The van der Waals surface area contributed by atoms with Crippen LogP contribution in [0.5, 0.6) is 0 Å². The number of aromatic nitrogens is 2. The molecule has 2 aromatic rings. The quantitative estimate of drug-likeness (QED) is 0.767. The number of hydrogen-bond donors (Lipinski definition) is 2. The van der Waals surface area contributed by atoms with Crippen molar-refractivity contribution < 1.29 is 5.11 Å². The van der Waals surface area contributed by atoms with Crippen molar-refractivity contribution in [3.05, 3.63) is 29.0 Å². The van der Waals surface area contributed by atoms with Crippen LogP contribution in [0.2, 0.25) is 0 Å². The molecule has 13 heavy (non-hydrogen) atoms. The van der Waals surface area contributed by atoms with Crippen molar-refractivity contribution in [1.82, 2.24) is 9.97 Å². The van der Waals surface area contributed by atoms with Crippen molar-refractivity contribution >= 4 is 11.3 Å². The topological polar surface area (TPSA) is 48.9 Å². The van der Waals surface area contributed by atoms with Gasteiger partial charge in [-0.1, -0.05) is 0 Å². The third kappa shape index (κ3) is 1.64. The van der Waals surface area contributed by atoms with Crippen molar-refractivity contribution in [2.45, 2.75) is 13.5 Å². The third-order valence-corrected chi connectivity index (χ3v) is 2.82. The number of aromatic amines is 1. The number of hydrogen-bond acceptors (Lipinski definition) is 3. The van der Waals surface area contributed by atoms with E-state index in [2.05, 4.69) is 29.0 Å². The van der Waals surface area contributed by atoms with Gasteiger partial charge in [0.2, 0.25) is 0 Å². The highest BCUT2D eigenvalue weighted by Gasteiger charge is 2.03. The van der Waals surface area contributed by atoms with E-state index < -0.39 is 0 Å². The van der Waals surface area contributed by atoms with Crippen LogP contribution >= 0.6 is 11.3 Å². The van der Waals surface area contributed by atoms with Crippen molar-refractivity contribution in [3.63, 3.8) is 0 Å². The standard InChI is InChI=1S/C9H10N2OS/c1-6-2-3-8(13-6)7-4-10-9(5-12)11-7/h2-4,12H,5H2,1H3,(H,10,11). The molecule has 0 saturated carbocycles. The van der Waals surface area contributed by atoms with Crippen molar-refractivity contribution in [2.75, 3.05) is 0 Å². The van der Waals surface area contributed by atoms with Gasteiger partial charge in [0.15, 0.2) is 0 Å². The van der Waals surface area contributed by atoms with Crippen LogP contribution < -0.4 is 0 Å². The molecule has 0 bridgehead atoms. The molecule has 0 aliphatic rings. The minimum atomic E-state index is -0.0373. The molecule has 0 amide bonds. The smallest absolute Gasteiger partial charge is 0.132 e. The van der Waals surface area contributed by atoms with E-state index in [1.165, 1.54) is 4.88 Å². The maximum atomic E-state index is 8.81. The highest BCUT2D eigenvalue weighted by Crippen LogP contribution is 2.25. The Morgan fingerprint density at radius 2 is 2.38 bits per heavy atom. The number of nitrogens with zero attached hydrogens (tertiary/aromatic N) is 1. The first-order valence-electron chi connectivity index (χ1n) is 4.01. The Labute approximate surface area is 80.1 Å². The zero-order chi connectivity index (χ0) is 9.26. The molecule has 0 aliphatic carbocycles. The van der Waals surface area contributed by atoms with Gasteiger partial charge in [-0.25, -0.2) is 4.98 Å². The molecular formula is C9H10N2OS. The Morgan fingerprint density at radius 3 is 2.92 bits per heavy atom. The zero-order valence-electron chi connectivity index (χ0n) is 7.24. The summed E-state index contributed by atoms with van der Waals surface area (Å²) in [5, 5.41) is 8.81. The normalized spacial score (nSPS) is 10.6. The van der Waals surface area contributed by atoms with Crippen LogP contribution in [0.25, 0.3) is 10.6 Å². The predicted octanol–water partition coefficient (Wildman–Crippen LogP) is 1.94. The van der Waals surface area contributed by atoms with E-state index >= 15 is 0 Å². The average Bonchev–Trinajstić information content (AvgIpc) is 2.71. The highest BCUT2D eigenvalue weighted by molar-refractivity contribution is 7.15. The lowest BCUT2D eigenvalue weighted by atomic mass is 10.4. The van der Waals surface area contributed by atoms with Crippen LogP contribution in [0, 0.1) is 6.92 Å². The summed E-state index contributed by atoms with van der Waals surface area (Å²) in [6.45, 7) is 2.03. The van der Waals surface area contributed by atoms with Crippen molar-refractivity contribution in [3.8, 4) is 10.6 Å². The van der Waals surface area contributed by atoms with Crippen molar-refractivity contribution in [1.29, 1.82) is 0 Å². The molecule has 0 atom stereocenters. The predicted molar refractivity (Wildman–Crippen MR) is 52.6 cm³/mol. The minimum absolute atomic E-state index is 0.0373. The van der Waals surface area contributed by atoms with E-state index in [9.17, 15) is 0 Å². The molecular weight excluding hydrogens is 184 g/mol.